The minimum Gasteiger partial charge on any atom is -0.491 e. The molecule has 2 rings (SSSR count). The first-order chi connectivity index (χ1) is 8.96. The van der Waals surface area contributed by atoms with Crippen LogP contribution < -0.4 is 4.74 Å². The third kappa shape index (κ3) is 4.22. The number of fused-ring (bicyclic) bond motifs is 1. The Morgan fingerprint density at radius 1 is 1.26 bits per heavy atom. The third-order valence-electron chi connectivity index (χ3n) is 3.29. The summed E-state index contributed by atoms with van der Waals surface area (Å²) in [5, 5.41) is 9.98. The van der Waals surface area contributed by atoms with E-state index < -0.39 is 0 Å². The molecule has 0 amide bonds. The molecule has 19 heavy (non-hydrogen) atoms. The second kappa shape index (κ2) is 5.93. The molecule has 0 radical (unpaired) electrons. The molecule has 3 nitrogen and oxygen atoms in total. The van der Waals surface area contributed by atoms with E-state index in [0.29, 0.717) is 13.2 Å². The molecule has 1 aromatic rings. The zero-order chi connectivity index (χ0) is 13.9. The minimum atomic E-state index is -0.335. The van der Waals surface area contributed by atoms with Crippen LogP contribution in [0.15, 0.2) is 18.2 Å². The van der Waals surface area contributed by atoms with Crippen molar-refractivity contribution in [3.05, 3.63) is 29.3 Å². The summed E-state index contributed by atoms with van der Waals surface area (Å²) < 4.78 is 11.3. The van der Waals surface area contributed by atoms with Crippen LogP contribution >= 0.6 is 0 Å². The molecule has 0 heterocycles. The van der Waals surface area contributed by atoms with Crippen LogP contribution in [0.25, 0.3) is 0 Å². The van der Waals surface area contributed by atoms with Crippen molar-refractivity contribution >= 4 is 0 Å². The Bertz CT molecular complexity index is 420. The molecule has 0 saturated carbocycles. The lowest BCUT2D eigenvalue weighted by Gasteiger charge is -2.22. The first kappa shape index (κ1) is 14.4. The van der Waals surface area contributed by atoms with Gasteiger partial charge >= 0.3 is 0 Å². The molecule has 106 valence electrons. The van der Waals surface area contributed by atoms with Crippen molar-refractivity contribution in [1.82, 2.24) is 0 Å². The maximum atomic E-state index is 9.98. The Kier molecular flexibility index (Phi) is 4.48. The summed E-state index contributed by atoms with van der Waals surface area (Å²) in [6.45, 7) is 7.20. The topological polar surface area (TPSA) is 38.7 Å². The number of aryl methyl sites for hydroxylation is 1. The predicted octanol–water partition coefficient (Wildman–Crippen LogP) is 3.25. The molecular weight excluding hydrogens is 240 g/mol. The molecule has 3 heteroatoms. The summed E-state index contributed by atoms with van der Waals surface area (Å²) in [6, 6.07) is 6.02. The van der Waals surface area contributed by atoms with E-state index in [-0.39, 0.29) is 11.7 Å². The highest BCUT2D eigenvalue weighted by Crippen LogP contribution is 2.32. The lowest BCUT2D eigenvalue weighted by molar-refractivity contribution is -0.0163. The van der Waals surface area contributed by atoms with Gasteiger partial charge in [0.1, 0.15) is 12.4 Å². The van der Waals surface area contributed by atoms with Gasteiger partial charge < -0.3 is 14.6 Å². The lowest BCUT2D eigenvalue weighted by Crippen LogP contribution is -2.22. The number of hydrogen-bond acceptors (Lipinski definition) is 3. The maximum absolute atomic E-state index is 9.98. The van der Waals surface area contributed by atoms with E-state index in [9.17, 15) is 5.11 Å². The molecule has 0 unspecified atom stereocenters. The minimum absolute atomic E-state index is 0.130. The molecule has 1 N–H and O–H groups in total. The molecule has 0 bridgehead atoms. The first-order valence-corrected chi connectivity index (χ1v) is 7.03. The van der Waals surface area contributed by atoms with E-state index in [4.69, 9.17) is 9.47 Å². The summed E-state index contributed by atoms with van der Waals surface area (Å²) in [6.07, 6.45) is 2.63. The van der Waals surface area contributed by atoms with Gasteiger partial charge in [-0.25, -0.2) is 0 Å². The lowest BCUT2D eigenvalue weighted by atomic mass is 9.89. The van der Waals surface area contributed by atoms with Gasteiger partial charge in [0.25, 0.3) is 0 Å². The predicted molar refractivity (Wildman–Crippen MR) is 75.5 cm³/mol. The van der Waals surface area contributed by atoms with Crippen LogP contribution in [0.3, 0.4) is 0 Å². The Balaban J connectivity index is 1.89. The van der Waals surface area contributed by atoms with Gasteiger partial charge in [-0.1, -0.05) is 6.07 Å². The molecule has 0 fully saturated rings. The van der Waals surface area contributed by atoms with Gasteiger partial charge in [0.15, 0.2) is 0 Å². The Labute approximate surface area is 115 Å². The standard InChI is InChI=1S/C16H24O3/c1-16(2,3)19-10-9-18-13-8-7-12-5-4-6-15(17)14(12)11-13/h7-8,11,15,17H,4-6,9-10H2,1-3H3/t15-/m1/s1. The number of ether oxygens (including phenoxy) is 2. The fourth-order valence-electron chi connectivity index (χ4n) is 2.35. The zero-order valence-corrected chi connectivity index (χ0v) is 12.1. The summed E-state index contributed by atoms with van der Waals surface area (Å²) in [5.41, 5.74) is 2.15. The molecular formula is C16H24O3. The van der Waals surface area contributed by atoms with Crippen LogP contribution in [-0.2, 0) is 11.2 Å². The van der Waals surface area contributed by atoms with E-state index >= 15 is 0 Å². The van der Waals surface area contributed by atoms with E-state index in [1.807, 2.05) is 32.9 Å². The zero-order valence-electron chi connectivity index (χ0n) is 12.1. The van der Waals surface area contributed by atoms with Crippen LogP contribution in [-0.4, -0.2) is 23.9 Å². The second-order valence-corrected chi connectivity index (χ2v) is 6.08. The van der Waals surface area contributed by atoms with E-state index in [2.05, 4.69) is 6.07 Å². The highest BCUT2D eigenvalue weighted by Gasteiger charge is 2.18. The smallest absolute Gasteiger partial charge is 0.119 e. The highest BCUT2D eigenvalue weighted by atomic mass is 16.5. The van der Waals surface area contributed by atoms with Gasteiger partial charge in [-0.05, 0) is 63.3 Å². The fourth-order valence-corrected chi connectivity index (χ4v) is 2.35. The average Bonchev–Trinajstić information content (AvgIpc) is 2.34. The quantitative estimate of drug-likeness (QED) is 0.848. The fraction of sp³-hybridized carbons (Fsp3) is 0.625. The van der Waals surface area contributed by atoms with Crippen molar-refractivity contribution in [2.45, 2.75) is 51.7 Å². The molecule has 1 aromatic carbocycles. The number of aliphatic hydroxyl groups is 1. The molecule has 1 aliphatic rings. The molecule has 0 spiro atoms. The van der Waals surface area contributed by atoms with Crippen LogP contribution in [0, 0.1) is 0 Å². The summed E-state index contributed by atoms with van der Waals surface area (Å²) in [7, 11) is 0. The molecule has 1 atom stereocenters. The van der Waals surface area contributed by atoms with Crippen molar-refractivity contribution in [2.24, 2.45) is 0 Å². The van der Waals surface area contributed by atoms with Gasteiger partial charge in [-0.15, -0.1) is 0 Å². The highest BCUT2D eigenvalue weighted by molar-refractivity contribution is 5.38. The third-order valence-corrected chi connectivity index (χ3v) is 3.29. The summed E-state index contributed by atoms with van der Waals surface area (Å²) in [5.74, 6) is 0.817. The van der Waals surface area contributed by atoms with Crippen molar-refractivity contribution in [2.75, 3.05) is 13.2 Å². The summed E-state index contributed by atoms with van der Waals surface area (Å²) >= 11 is 0. The first-order valence-electron chi connectivity index (χ1n) is 7.03. The second-order valence-electron chi connectivity index (χ2n) is 6.08. The normalized spacial score (nSPS) is 19.1. The van der Waals surface area contributed by atoms with E-state index in [1.54, 1.807) is 0 Å². The van der Waals surface area contributed by atoms with Gasteiger partial charge in [0.05, 0.1) is 18.3 Å². The van der Waals surface area contributed by atoms with Gasteiger partial charge in [-0.2, -0.15) is 0 Å². The van der Waals surface area contributed by atoms with Crippen molar-refractivity contribution in [3.8, 4) is 5.75 Å². The largest absolute Gasteiger partial charge is 0.491 e. The van der Waals surface area contributed by atoms with Crippen molar-refractivity contribution < 1.29 is 14.6 Å². The number of hydrogen-bond donors (Lipinski definition) is 1. The van der Waals surface area contributed by atoms with Crippen molar-refractivity contribution in [1.29, 1.82) is 0 Å². The molecule has 0 saturated heterocycles. The van der Waals surface area contributed by atoms with Gasteiger partial charge in [-0.3, -0.25) is 0 Å². The Morgan fingerprint density at radius 2 is 2.05 bits per heavy atom. The monoisotopic (exact) mass is 264 g/mol. The summed E-state index contributed by atoms with van der Waals surface area (Å²) in [4.78, 5) is 0. The molecule has 0 aliphatic heterocycles. The van der Waals surface area contributed by atoms with E-state index in [0.717, 1.165) is 30.6 Å². The van der Waals surface area contributed by atoms with Crippen LogP contribution in [0.1, 0.15) is 50.8 Å². The molecule has 1 aliphatic carbocycles. The van der Waals surface area contributed by atoms with Gasteiger partial charge in [0.2, 0.25) is 0 Å². The van der Waals surface area contributed by atoms with Crippen LogP contribution in [0.4, 0.5) is 0 Å². The van der Waals surface area contributed by atoms with Crippen molar-refractivity contribution in [3.63, 3.8) is 0 Å². The van der Waals surface area contributed by atoms with Crippen LogP contribution in [0.5, 0.6) is 5.75 Å². The number of aliphatic hydroxyl groups excluding tert-OH is 1. The SMILES string of the molecule is CC(C)(C)OCCOc1ccc2c(c1)[C@H](O)CCC2. The van der Waals surface area contributed by atoms with E-state index in [1.165, 1.54) is 5.56 Å². The molecule has 0 aromatic heterocycles. The Morgan fingerprint density at radius 3 is 2.79 bits per heavy atom. The van der Waals surface area contributed by atoms with Crippen LogP contribution in [0.2, 0.25) is 0 Å². The average molecular weight is 264 g/mol. The van der Waals surface area contributed by atoms with Gasteiger partial charge in [0, 0.05) is 0 Å². The number of rotatable bonds is 4. The number of benzene rings is 1. The maximum Gasteiger partial charge on any atom is 0.119 e. The Hall–Kier alpha value is -1.06.